The fraction of sp³-hybridized carbons (Fsp3) is 0.0625. The molecule has 1 amide bonds. The number of ether oxygens (including phenoxy) is 1. The Labute approximate surface area is 121 Å². The first kappa shape index (κ1) is 13.1. The first-order valence-corrected chi connectivity index (χ1v) is 6.43. The number of rotatable bonds is 3. The summed E-state index contributed by atoms with van der Waals surface area (Å²) in [4.78, 5) is 15.2. The van der Waals surface area contributed by atoms with Gasteiger partial charge in [-0.3, -0.25) is 4.79 Å². The predicted octanol–water partition coefficient (Wildman–Crippen LogP) is 3.13. The van der Waals surface area contributed by atoms with Crippen molar-refractivity contribution in [1.29, 1.82) is 0 Å². The Morgan fingerprint density at radius 1 is 1.19 bits per heavy atom. The standard InChI is InChI=1S/C16H14N2O3/c1-21-15-7-6-11(9-14(15)19)17-16(20)13-8-10-4-2-3-5-12(10)18-13/h2-9,18-19H,1H3,(H,17,20). The van der Waals surface area contributed by atoms with Crippen molar-refractivity contribution in [3.63, 3.8) is 0 Å². The molecular weight excluding hydrogens is 268 g/mol. The number of benzene rings is 2. The lowest BCUT2D eigenvalue weighted by Crippen LogP contribution is -2.12. The van der Waals surface area contributed by atoms with Crippen LogP contribution in [0.2, 0.25) is 0 Å². The number of anilines is 1. The summed E-state index contributed by atoms with van der Waals surface area (Å²) in [7, 11) is 1.47. The van der Waals surface area contributed by atoms with Crippen LogP contribution in [0.1, 0.15) is 10.5 Å². The van der Waals surface area contributed by atoms with Gasteiger partial charge in [-0.05, 0) is 24.3 Å². The molecular formula is C16H14N2O3. The van der Waals surface area contributed by atoms with Crippen LogP contribution in [0.15, 0.2) is 48.5 Å². The molecule has 0 fully saturated rings. The van der Waals surface area contributed by atoms with Crippen molar-refractivity contribution in [2.45, 2.75) is 0 Å². The van der Waals surface area contributed by atoms with Gasteiger partial charge in [-0.2, -0.15) is 0 Å². The number of H-pyrrole nitrogens is 1. The van der Waals surface area contributed by atoms with Crippen LogP contribution in [-0.2, 0) is 0 Å². The maximum Gasteiger partial charge on any atom is 0.272 e. The number of amides is 1. The number of aromatic nitrogens is 1. The first-order chi connectivity index (χ1) is 10.2. The van der Waals surface area contributed by atoms with Crippen molar-refractivity contribution < 1.29 is 14.6 Å². The summed E-state index contributed by atoms with van der Waals surface area (Å²) >= 11 is 0. The van der Waals surface area contributed by atoms with Gasteiger partial charge in [0.2, 0.25) is 0 Å². The SMILES string of the molecule is COc1ccc(NC(=O)c2cc3ccccc3[nH]2)cc1O. The van der Waals surface area contributed by atoms with Crippen molar-refractivity contribution in [2.24, 2.45) is 0 Å². The Balaban J connectivity index is 1.84. The van der Waals surface area contributed by atoms with Crippen molar-refractivity contribution >= 4 is 22.5 Å². The molecule has 0 bridgehead atoms. The van der Waals surface area contributed by atoms with E-state index in [2.05, 4.69) is 10.3 Å². The van der Waals surface area contributed by atoms with E-state index in [1.54, 1.807) is 18.2 Å². The van der Waals surface area contributed by atoms with E-state index in [-0.39, 0.29) is 11.7 Å². The number of phenols is 1. The third-order valence-electron chi connectivity index (χ3n) is 3.21. The van der Waals surface area contributed by atoms with Crippen LogP contribution in [-0.4, -0.2) is 23.1 Å². The molecule has 3 aromatic rings. The highest BCUT2D eigenvalue weighted by molar-refractivity contribution is 6.06. The zero-order valence-corrected chi connectivity index (χ0v) is 11.4. The number of carbonyl (C=O) groups excluding carboxylic acids is 1. The maximum atomic E-state index is 12.2. The van der Waals surface area contributed by atoms with Gasteiger partial charge in [0.25, 0.3) is 5.91 Å². The number of hydrogen-bond acceptors (Lipinski definition) is 3. The maximum absolute atomic E-state index is 12.2. The zero-order chi connectivity index (χ0) is 14.8. The summed E-state index contributed by atoms with van der Waals surface area (Å²) in [5.41, 5.74) is 1.86. The van der Waals surface area contributed by atoms with E-state index in [9.17, 15) is 9.90 Å². The molecule has 0 aliphatic heterocycles. The molecule has 0 saturated heterocycles. The van der Waals surface area contributed by atoms with Gasteiger partial charge in [0, 0.05) is 22.7 Å². The minimum absolute atomic E-state index is 0.0213. The van der Waals surface area contributed by atoms with Crippen LogP contribution in [0.25, 0.3) is 10.9 Å². The Morgan fingerprint density at radius 3 is 2.71 bits per heavy atom. The lowest BCUT2D eigenvalue weighted by Gasteiger charge is -2.07. The molecule has 0 aliphatic carbocycles. The monoisotopic (exact) mass is 282 g/mol. The summed E-state index contributed by atoms with van der Waals surface area (Å²) in [6.07, 6.45) is 0. The molecule has 5 heteroatoms. The van der Waals surface area contributed by atoms with Gasteiger partial charge in [-0.1, -0.05) is 18.2 Å². The Kier molecular flexibility index (Phi) is 3.23. The van der Waals surface area contributed by atoms with Gasteiger partial charge < -0.3 is 20.1 Å². The highest BCUT2D eigenvalue weighted by Crippen LogP contribution is 2.28. The largest absolute Gasteiger partial charge is 0.504 e. The van der Waals surface area contributed by atoms with Gasteiger partial charge in [-0.15, -0.1) is 0 Å². The lowest BCUT2D eigenvalue weighted by molar-refractivity contribution is 0.102. The minimum atomic E-state index is -0.268. The summed E-state index contributed by atoms with van der Waals surface area (Å²) < 4.78 is 4.96. The van der Waals surface area contributed by atoms with E-state index in [0.717, 1.165) is 10.9 Å². The van der Waals surface area contributed by atoms with Crippen LogP contribution in [0.3, 0.4) is 0 Å². The van der Waals surface area contributed by atoms with Crippen LogP contribution in [0, 0.1) is 0 Å². The minimum Gasteiger partial charge on any atom is -0.504 e. The van der Waals surface area contributed by atoms with E-state index in [1.807, 2.05) is 24.3 Å². The lowest BCUT2D eigenvalue weighted by atomic mass is 10.2. The number of phenolic OH excluding ortho intramolecular Hbond substituents is 1. The Morgan fingerprint density at radius 2 is 2.00 bits per heavy atom. The fourth-order valence-corrected chi connectivity index (χ4v) is 2.16. The van der Waals surface area contributed by atoms with E-state index in [1.165, 1.54) is 13.2 Å². The topological polar surface area (TPSA) is 74.3 Å². The molecule has 0 saturated carbocycles. The molecule has 0 aliphatic rings. The number of methoxy groups -OCH3 is 1. The number of fused-ring (bicyclic) bond motifs is 1. The molecule has 0 radical (unpaired) electrons. The highest BCUT2D eigenvalue weighted by atomic mass is 16.5. The molecule has 3 N–H and O–H groups in total. The number of aromatic amines is 1. The van der Waals surface area contributed by atoms with Crippen molar-refractivity contribution in [3.05, 3.63) is 54.2 Å². The second kappa shape index (κ2) is 5.20. The Hall–Kier alpha value is -2.95. The molecule has 1 heterocycles. The highest BCUT2D eigenvalue weighted by Gasteiger charge is 2.11. The summed E-state index contributed by atoms with van der Waals surface area (Å²) in [5, 5.41) is 13.4. The van der Waals surface area contributed by atoms with E-state index < -0.39 is 0 Å². The number of para-hydroxylation sites is 1. The third-order valence-corrected chi connectivity index (χ3v) is 3.21. The van der Waals surface area contributed by atoms with Crippen LogP contribution in [0.5, 0.6) is 11.5 Å². The molecule has 3 rings (SSSR count). The molecule has 5 nitrogen and oxygen atoms in total. The average Bonchev–Trinajstić information content (AvgIpc) is 2.91. The van der Waals surface area contributed by atoms with Gasteiger partial charge >= 0.3 is 0 Å². The first-order valence-electron chi connectivity index (χ1n) is 6.43. The average molecular weight is 282 g/mol. The molecule has 0 spiro atoms. The van der Waals surface area contributed by atoms with Crippen LogP contribution < -0.4 is 10.1 Å². The molecule has 21 heavy (non-hydrogen) atoms. The Bertz CT molecular complexity index is 775. The summed E-state index contributed by atoms with van der Waals surface area (Å²) in [6, 6.07) is 14.2. The smallest absolute Gasteiger partial charge is 0.272 e. The van der Waals surface area contributed by atoms with Crippen molar-refractivity contribution in [3.8, 4) is 11.5 Å². The molecule has 0 atom stereocenters. The van der Waals surface area contributed by atoms with Gasteiger partial charge in [0.05, 0.1) is 7.11 Å². The molecule has 1 aromatic heterocycles. The normalized spacial score (nSPS) is 10.5. The number of hydrogen-bond donors (Lipinski definition) is 3. The number of nitrogens with one attached hydrogen (secondary N) is 2. The van der Waals surface area contributed by atoms with Gasteiger partial charge in [-0.25, -0.2) is 0 Å². The van der Waals surface area contributed by atoms with E-state index in [0.29, 0.717) is 17.1 Å². The second-order valence-corrected chi connectivity index (χ2v) is 4.61. The van der Waals surface area contributed by atoms with Crippen LogP contribution >= 0.6 is 0 Å². The summed E-state index contributed by atoms with van der Waals surface area (Å²) in [6.45, 7) is 0. The molecule has 106 valence electrons. The third kappa shape index (κ3) is 2.53. The van der Waals surface area contributed by atoms with Crippen molar-refractivity contribution in [2.75, 3.05) is 12.4 Å². The van der Waals surface area contributed by atoms with E-state index >= 15 is 0 Å². The second-order valence-electron chi connectivity index (χ2n) is 4.61. The van der Waals surface area contributed by atoms with E-state index in [4.69, 9.17) is 4.74 Å². The number of carbonyl (C=O) groups is 1. The summed E-state index contributed by atoms with van der Waals surface area (Å²) in [5.74, 6) is 0.0707. The van der Waals surface area contributed by atoms with Gasteiger partial charge in [0.15, 0.2) is 11.5 Å². The number of aromatic hydroxyl groups is 1. The van der Waals surface area contributed by atoms with Gasteiger partial charge in [0.1, 0.15) is 5.69 Å². The predicted molar refractivity (Wildman–Crippen MR) is 80.9 cm³/mol. The molecule has 2 aromatic carbocycles. The quantitative estimate of drug-likeness (QED) is 0.691. The molecule has 0 unspecified atom stereocenters. The van der Waals surface area contributed by atoms with Crippen molar-refractivity contribution in [1.82, 2.24) is 4.98 Å². The zero-order valence-electron chi connectivity index (χ0n) is 11.4. The van der Waals surface area contributed by atoms with Crippen LogP contribution in [0.4, 0.5) is 5.69 Å². The fourth-order valence-electron chi connectivity index (χ4n) is 2.16.